The third-order valence-electron chi connectivity index (χ3n) is 6.88. The number of anilines is 1. The first-order valence-corrected chi connectivity index (χ1v) is 13.8. The van der Waals surface area contributed by atoms with Crippen molar-refractivity contribution in [2.75, 3.05) is 24.7 Å². The summed E-state index contributed by atoms with van der Waals surface area (Å²) >= 11 is 0. The van der Waals surface area contributed by atoms with E-state index in [1.54, 1.807) is 0 Å². The van der Waals surface area contributed by atoms with Gasteiger partial charge in [0.2, 0.25) is 11.8 Å². The van der Waals surface area contributed by atoms with E-state index in [1.165, 1.54) is 17.3 Å². The van der Waals surface area contributed by atoms with Crippen LogP contribution in [0, 0.1) is 0 Å². The van der Waals surface area contributed by atoms with Crippen LogP contribution in [-0.2, 0) is 22.1 Å². The zero-order valence-electron chi connectivity index (χ0n) is 23.4. The van der Waals surface area contributed by atoms with Crippen LogP contribution in [0.2, 0.25) is 0 Å². The summed E-state index contributed by atoms with van der Waals surface area (Å²) in [5.74, 6) is -3.41. The fourth-order valence-electron chi connectivity index (χ4n) is 4.61. The minimum Gasteiger partial charge on any atom is -0.470 e. The van der Waals surface area contributed by atoms with Gasteiger partial charge in [0.05, 0.1) is 25.6 Å². The van der Waals surface area contributed by atoms with Gasteiger partial charge in [-0.15, -0.1) is 0 Å². The fraction of sp³-hybridized carbons (Fsp3) is 0.464. The van der Waals surface area contributed by atoms with E-state index in [-0.39, 0.29) is 61.7 Å². The molecule has 3 N–H and O–H groups in total. The summed E-state index contributed by atoms with van der Waals surface area (Å²) in [5, 5.41) is 29.0. The third kappa shape index (κ3) is 8.22. The number of halogens is 2. The van der Waals surface area contributed by atoms with Gasteiger partial charge in [0.1, 0.15) is 24.4 Å². The minimum absolute atomic E-state index is 0.0270. The lowest BCUT2D eigenvalue weighted by Crippen LogP contribution is -2.44. The normalized spacial score (nSPS) is 18.8. The highest BCUT2D eigenvalue weighted by Gasteiger charge is 2.35. The van der Waals surface area contributed by atoms with E-state index in [0.29, 0.717) is 25.7 Å². The Kier molecular flexibility index (Phi) is 9.94. The maximum absolute atomic E-state index is 13.3. The number of hydrogen-bond donors (Lipinski definition) is 3. The first kappa shape index (κ1) is 31.2. The molecule has 0 unspecified atom stereocenters. The number of aromatic nitrogens is 4. The highest BCUT2D eigenvalue weighted by Crippen LogP contribution is 2.32. The molecule has 44 heavy (non-hydrogen) atoms. The van der Waals surface area contributed by atoms with Crippen molar-refractivity contribution >= 4 is 11.9 Å². The van der Waals surface area contributed by atoms with Gasteiger partial charge in [-0.2, -0.15) is 4.98 Å². The number of carbonyl (C=O) groups is 1. The first-order chi connectivity index (χ1) is 21.2. The van der Waals surface area contributed by atoms with E-state index in [0.717, 1.165) is 11.8 Å². The van der Waals surface area contributed by atoms with Gasteiger partial charge in [0.25, 0.3) is 6.43 Å². The Morgan fingerprint density at radius 1 is 0.977 bits per heavy atom. The number of benzene rings is 1. The summed E-state index contributed by atoms with van der Waals surface area (Å²) in [6, 6.07) is 8.69. The van der Waals surface area contributed by atoms with Crippen molar-refractivity contribution in [2.24, 2.45) is 0 Å². The second-order valence-corrected chi connectivity index (χ2v) is 10.2. The van der Waals surface area contributed by atoms with E-state index >= 15 is 0 Å². The van der Waals surface area contributed by atoms with Crippen LogP contribution in [0.25, 0.3) is 0 Å². The lowest BCUT2D eigenvalue weighted by molar-refractivity contribution is -0.325. The van der Waals surface area contributed by atoms with Crippen molar-refractivity contribution in [2.45, 2.75) is 62.9 Å². The van der Waals surface area contributed by atoms with Crippen molar-refractivity contribution < 1.29 is 52.6 Å². The summed E-state index contributed by atoms with van der Waals surface area (Å²) in [6.45, 7) is -0.256. The van der Waals surface area contributed by atoms with Crippen LogP contribution < -0.4 is 19.1 Å². The van der Waals surface area contributed by atoms with Crippen molar-refractivity contribution in [3.8, 4) is 17.8 Å². The van der Waals surface area contributed by atoms with Crippen LogP contribution in [0.1, 0.15) is 36.8 Å². The van der Waals surface area contributed by atoms with Crippen molar-refractivity contribution in [1.29, 1.82) is 0 Å². The summed E-state index contributed by atoms with van der Waals surface area (Å²) in [7, 11) is 0. The number of hydrogen-bond acceptors (Lipinski definition) is 13. The molecule has 14 nitrogen and oxygen atoms in total. The number of ether oxygens (including phenoxy) is 5. The molecule has 1 aromatic carbocycles. The molecule has 2 aliphatic rings. The molecule has 3 heterocycles. The zero-order valence-corrected chi connectivity index (χ0v) is 23.4. The van der Waals surface area contributed by atoms with Gasteiger partial charge in [-0.25, -0.2) is 28.5 Å². The average Bonchev–Trinajstić information content (AvgIpc) is 2.98. The minimum atomic E-state index is -3.22. The van der Waals surface area contributed by atoms with E-state index < -0.39 is 30.7 Å². The van der Waals surface area contributed by atoms with Gasteiger partial charge in [-0.1, -0.05) is 30.3 Å². The van der Waals surface area contributed by atoms with Gasteiger partial charge in [-0.05, 0) is 31.2 Å². The Morgan fingerprint density at radius 3 is 2.34 bits per heavy atom. The van der Waals surface area contributed by atoms with Crippen LogP contribution in [0.15, 0.2) is 48.9 Å². The molecule has 1 saturated heterocycles. The molecule has 0 spiro atoms. The van der Waals surface area contributed by atoms with Gasteiger partial charge in [0, 0.05) is 12.2 Å². The zero-order chi connectivity index (χ0) is 31.1. The molecule has 2 aromatic heterocycles. The van der Waals surface area contributed by atoms with E-state index in [1.807, 2.05) is 30.3 Å². The van der Waals surface area contributed by atoms with Gasteiger partial charge in [0.15, 0.2) is 12.4 Å². The Morgan fingerprint density at radius 2 is 1.73 bits per heavy atom. The highest BCUT2D eigenvalue weighted by atomic mass is 19.3. The van der Waals surface area contributed by atoms with Gasteiger partial charge in [-0.3, -0.25) is 4.90 Å². The van der Waals surface area contributed by atoms with Crippen LogP contribution >= 0.6 is 0 Å². The molecular formula is C28H31F2N5O9. The molecule has 3 aromatic rings. The number of alkyl halides is 2. The van der Waals surface area contributed by atoms with Crippen LogP contribution in [0.5, 0.6) is 17.8 Å². The van der Waals surface area contributed by atoms with Crippen LogP contribution in [0.4, 0.5) is 19.4 Å². The Balaban J connectivity index is 1.26. The maximum atomic E-state index is 13.3. The van der Waals surface area contributed by atoms with E-state index in [4.69, 9.17) is 23.7 Å². The monoisotopic (exact) mass is 619 g/mol. The quantitative estimate of drug-likeness (QED) is 0.252. The Hall–Kier alpha value is -4.25. The molecule has 2 fully saturated rings. The van der Waals surface area contributed by atoms with Crippen molar-refractivity contribution in [3.63, 3.8) is 0 Å². The number of rotatable bonds is 12. The van der Waals surface area contributed by atoms with Crippen molar-refractivity contribution in [1.82, 2.24) is 19.9 Å². The number of amides is 1. The fourth-order valence-corrected chi connectivity index (χ4v) is 4.61. The lowest BCUT2D eigenvalue weighted by atomic mass is 9.92. The SMILES string of the molecule is O=C(OCc1ccccc1)N(c1cnc(OCC(F)F)cn1)C1CCC(Oc2ncc(C(O)(O)O)c(OC3COC3)n2)CC1. The third-order valence-corrected chi connectivity index (χ3v) is 6.88. The van der Waals surface area contributed by atoms with E-state index in [2.05, 4.69) is 19.9 Å². The topological polar surface area (TPSA) is 179 Å². The number of carbonyl (C=O) groups excluding carboxylic acids is 1. The molecule has 1 saturated carbocycles. The summed E-state index contributed by atoms with van der Waals surface area (Å²) in [4.78, 5) is 31.1. The molecule has 0 bridgehead atoms. The predicted molar refractivity (Wildman–Crippen MR) is 145 cm³/mol. The van der Waals surface area contributed by atoms with E-state index in [9.17, 15) is 28.9 Å². The summed E-state index contributed by atoms with van der Waals surface area (Å²) in [6.07, 6.45) is 1.22. The van der Waals surface area contributed by atoms with Crippen LogP contribution in [-0.4, -0.2) is 85.8 Å². The number of nitrogens with zero attached hydrogens (tertiary/aromatic N) is 5. The van der Waals surface area contributed by atoms with Gasteiger partial charge >= 0.3 is 18.1 Å². The molecule has 0 atom stereocenters. The van der Waals surface area contributed by atoms with Gasteiger partial charge < -0.3 is 39.0 Å². The predicted octanol–water partition coefficient (Wildman–Crippen LogP) is 2.31. The molecule has 236 valence electrons. The Bertz CT molecular complexity index is 1370. The molecule has 5 rings (SSSR count). The molecule has 0 radical (unpaired) electrons. The largest absolute Gasteiger partial charge is 0.470 e. The average molecular weight is 620 g/mol. The molecule has 1 aliphatic carbocycles. The Labute approximate surface area is 250 Å². The highest BCUT2D eigenvalue weighted by molar-refractivity contribution is 5.87. The molecule has 1 amide bonds. The summed E-state index contributed by atoms with van der Waals surface area (Å²) in [5.41, 5.74) is 0.344. The number of aliphatic hydroxyl groups is 3. The standard InChI is InChI=1S/C28H31F2N5O9/c29-22(30)16-41-24-12-31-23(11-32-24)35(27(36)42-13-17-4-2-1-3-5-17)18-6-8-19(9-7-18)44-26-33-10-21(28(37,38)39)25(34-26)43-20-14-40-15-20/h1-5,10-12,18-20,22,37-39H,6-9,13-16H2. The summed E-state index contributed by atoms with van der Waals surface area (Å²) < 4.78 is 52.1. The second-order valence-electron chi connectivity index (χ2n) is 10.2. The molecule has 1 aliphatic heterocycles. The van der Waals surface area contributed by atoms with Crippen molar-refractivity contribution in [3.05, 3.63) is 60.0 Å². The molecule has 16 heteroatoms. The molecular weight excluding hydrogens is 588 g/mol. The second kappa shape index (κ2) is 14.0. The first-order valence-electron chi connectivity index (χ1n) is 13.8. The maximum Gasteiger partial charge on any atom is 0.416 e. The smallest absolute Gasteiger partial charge is 0.416 e. The lowest BCUT2D eigenvalue weighted by Gasteiger charge is -2.35. The van der Waals surface area contributed by atoms with Crippen LogP contribution in [0.3, 0.4) is 0 Å².